The summed E-state index contributed by atoms with van der Waals surface area (Å²) in [5.74, 6) is 1.43. The van der Waals surface area contributed by atoms with Gasteiger partial charge in [0.05, 0.1) is 13.2 Å². The molecule has 2 saturated carbocycles. The molecule has 1 aliphatic heterocycles. The van der Waals surface area contributed by atoms with Crippen LogP contribution < -0.4 is 26.5 Å². The molecule has 0 unspecified atom stereocenters. The summed E-state index contributed by atoms with van der Waals surface area (Å²) in [5.41, 5.74) is 13.4. The number of rotatable bonds is 9. The molecule has 8 rings (SSSR count). The van der Waals surface area contributed by atoms with Crippen LogP contribution in [0, 0.1) is 118 Å². The van der Waals surface area contributed by atoms with Gasteiger partial charge < -0.3 is 4.74 Å². The summed E-state index contributed by atoms with van der Waals surface area (Å²) in [5, 5.41) is 7.12. The van der Waals surface area contributed by atoms with Gasteiger partial charge in [0.1, 0.15) is 0 Å². The molecule has 0 spiro atoms. The van der Waals surface area contributed by atoms with E-state index < -0.39 is 15.8 Å². The molecule has 0 aromatic heterocycles. The molecule has 2 aliphatic carbocycles. The Hall–Kier alpha value is -2.60. The second-order valence-corrected chi connectivity index (χ2v) is 20.4. The molecule has 2 nitrogen and oxygen atoms in total. The summed E-state index contributed by atoms with van der Waals surface area (Å²) in [6.45, 7) is 21.2. The summed E-state index contributed by atoms with van der Waals surface area (Å²) in [6.07, 6.45) is 17.2. The van der Waals surface area contributed by atoms with E-state index in [1.165, 1.54) is 88.2 Å². The molecular formula is C53H57FeNOP2. The van der Waals surface area contributed by atoms with Crippen molar-refractivity contribution in [1.29, 1.82) is 0 Å². The largest absolute Gasteiger partial charge is 0.379 e. The third kappa shape index (κ3) is 11.0. The monoisotopic (exact) mass is 841 g/mol. The van der Waals surface area contributed by atoms with Crippen LogP contribution in [0.25, 0.3) is 0 Å². The minimum atomic E-state index is -0.843. The van der Waals surface area contributed by atoms with E-state index in [2.05, 4.69) is 177 Å². The van der Waals surface area contributed by atoms with E-state index >= 15 is 0 Å². The maximum atomic E-state index is 6.01. The van der Waals surface area contributed by atoms with Gasteiger partial charge in [-0.15, -0.1) is 0 Å². The van der Waals surface area contributed by atoms with Crippen LogP contribution in [-0.4, -0.2) is 31.2 Å². The second kappa shape index (κ2) is 20.8. The molecule has 0 bridgehead atoms. The molecule has 1 atom stereocenters. The van der Waals surface area contributed by atoms with Gasteiger partial charge in [0.15, 0.2) is 0 Å². The Bertz CT molecular complexity index is 1940. The van der Waals surface area contributed by atoms with Crippen LogP contribution in [0.5, 0.6) is 0 Å². The molecule has 5 aromatic rings. The maximum Gasteiger partial charge on any atom is 0.0594 e. The van der Waals surface area contributed by atoms with Gasteiger partial charge in [-0.25, -0.2) is 0 Å². The summed E-state index contributed by atoms with van der Waals surface area (Å²) in [7, 11) is -1.66. The fourth-order valence-electron chi connectivity index (χ4n) is 8.67. The Morgan fingerprint density at radius 1 is 0.466 bits per heavy atom. The van der Waals surface area contributed by atoms with Crippen LogP contribution in [0.4, 0.5) is 0 Å². The van der Waals surface area contributed by atoms with Crippen molar-refractivity contribution in [3.63, 3.8) is 0 Å². The van der Waals surface area contributed by atoms with E-state index in [4.69, 9.17) is 4.74 Å². The number of nitrogens with zero attached hydrogens (tertiary/aromatic N) is 1. The summed E-state index contributed by atoms with van der Waals surface area (Å²) in [6, 6.07) is 38.2. The first kappa shape index (κ1) is 44.9. The Kier molecular flexibility index (Phi) is 16.1. The van der Waals surface area contributed by atoms with Gasteiger partial charge in [-0.05, 0) is 155 Å². The molecule has 298 valence electrons. The Balaban J connectivity index is 0.000000878. The molecule has 1 saturated heterocycles. The molecule has 5 heteroatoms. The first-order chi connectivity index (χ1) is 27.5. The summed E-state index contributed by atoms with van der Waals surface area (Å²) >= 11 is 0. The Morgan fingerprint density at radius 2 is 0.845 bits per heavy atom. The van der Waals surface area contributed by atoms with Crippen molar-refractivity contribution < 1.29 is 21.8 Å². The van der Waals surface area contributed by atoms with Crippen molar-refractivity contribution in [1.82, 2.24) is 4.90 Å². The molecular weight excluding hydrogens is 784 g/mol. The number of ether oxygens (including phenoxy) is 1. The number of aryl methyl sites for hydroxylation is 8. The fraction of sp³-hybridized carbons (Fsp3) is 0.245. The second-order valence-electron chi connectivity index (χ2n) is 16.0. The van der Waals surface area contributed by atoms with Gasteiger partial charge in [-0.3, -0.25) is 4.90 Å². The topological polar surface area (TPSA) is 12.5 Å². The van der Waals surface area contributed by atoms with Crippen molar-refractivity contribution in [2.75, 3.05) is 26.3 Å². The fourth-order valence-corrected chi connectivity index (χ4v) is 14.4. The van der Waals surface area contributed by atoms with Crippen molar-refractivity contribution in [3.05, 3.63) is 210 Å². The standard InChI is InChI=1S/C48H52NOP2.C5H5.Fe/c1-32-20-33(2)25-40(24-32)51(41-26-34(3)21-35(4)27-41)46-14-10-9-12-44(46)48(49-16-18-50-19-17-49)45-13-11-15-47(45)52(42-28-36(5)22-37(6)29-42)43-30-38(7)23-39(8)31-43;1-2-4-5-3-1;/h9-15,20-31,48H,16-19H2,1-8H3;1-5H;/t48-;;/m1../s1. The minimum Gasteiger partial charge on any atom is -0.379 e. The van der Waals surface area contributed by atoms with Gasteiger partial charge in [-0.1, -0.05) is 142 Å². The van der Waals surface area contributed by atoms with Gasteiger partial charge in [0, 0.05) is 47.8 Å². The van der Waals surface area contributed by atoms with E-state index in [1.54, 1.807) is 0 Å². The Labute approximate surface area is 365 Å². The molecule has 10 radical (unpaired) electrons. The van der Waals surface area contributed by atoms with Crippen molar-refractivity contribution >= 4 is 42.4 Å². The zero-order chi connectivity index (χ0) is 40.1. The van der Waals surface area contributed by atoms with E-state index in [-0.39, 0.29) is 23.1 Å². The predicted molar refractivity (Wildman–Crippen MR) is 248 cm³/mol. The SMILES string of the molecule is Cc1cc(C)cc(P([C]2[CH][CH][CH][C]2[C@@H](c2ccccc2P(c2cc(C)cc(C)c2)c2cc(C)cc(C)c2)N2CCOCC2)c2cc(C)cc(C)c2)c1.[CH]1[CH][CH][CH][CH]1.[Fe]. The molecule has 3 aliphatic rings. The van der Waals surface area contributed by atoms with Gasteiger partial charge in [0.2, 0.25) is 0 Å². The van der Waals surface area contributed by atoms with Crippen molar-refractivity contribution in [2.24, 2.45) is 0 Å². The molecule has 58 heavy (non-hydrogen) atoms. The average Bonchev–Trinajstić information content (AvgIpc) is 3.89. The van der Waals surface area contributed by atoms with Crippen LogP contribution in [0.1, 0.15) is 56.1 Å². The predicted octanol–water partition coefficient (Wildman–Crippen LogP) is 10.2. The number of hydrogen-bond donors (Lipinski definition) is 0. The van der Waals surface area contributed by atoms with Gasteiger partial charge >= 0.3 is 0 Å². The third-order valence-electron chi connectivity index (χ3n) is 10.7. The van der Waals surface area contributed by atoms with Crippen LogP contribution in [0.15, 0.2) is 97.1 Å². The molecule has 1 heterocycles. The van der Waals surface area contributed by atoms with E-state index in [0.717, 1.165) is 26.3 Å². The smallest absolute Gasteiger partial charge is 0.0594 e. The van der Waals surface area contributed by atoms with E-state index in [0.29, 0.717) is 0 Å². The van der Waals surface area contributed by atoms with Gasteiger partial charge in [0.25, 0.3) is 0 Å². The van der Waals surface area contributed by atoms with Crippen LogP contribution in [-0.2, 0) is 21.8 Å². The van der Waals surface area contributed by atoms with E-state index in [9.17, 15) is 0 Å². The average molecular weight is 842 g/mol. The zero-order valence-corrected chi connectivity index (χ0v) is 38.3. The minimum absolute atomic E-state index is 0. The quantitative estimate of drug-likeness (QED) is 0.108. The normalized spacial score (nSPS) is 17.0. The maximum absolute atomic E-state index is 6.01. The first-order valence-corrected chi connectivity index (χ1v) is 23.0. The van der Waals surface area contributed by atoms with Crippen LogP contribution in [0.3, 0.4) is 0 Å². The Morgan fingerprint density at radius 3 is 1.26 bits per heavy atom. The number of hydrogen-bond acceptors (Lipinski definition) is 2. The van der Waals surface area contributed by atoms with Crippen molar-refractivity contribution in [2.45, 2.75) is 61.4 Å². The first-order valence-electron chi connectivity index (χ1n) is 20.3. The third-order valence-corrected chi connectivity index (χ3v) is 15.5. The van der Waals surface area contributed by atoms with E-state index in [1.807, 2.05) is 32.1 Å². The molecule has 0 amide bonds. The zero-order valence-electron chi connectivity index (χ0n) is 35.4. The number of morpholine rings is 1. The number of benzene rings is 5. The molecule has 3 fully saturated rings. The van der Waals surface area contributed by atoms with Gasteiger partial charge in [-0.2, -0.15) is 0 Å². The summed E-state index contributed by atoms with van der Waals surface area (Å²) < 4.78 is 6.01. The summed E-state index contributed by atoms with van der Waals surface area (Å²) in [4.78, 5) is 2.70. The molecule has 5 aromatic carbocycles. The molecule has 0 N–H and O–H groups in total. The van der Waals surface area contributed by atoms with Crippen LogP contribution >= 0.6 is 15.8 Å². The van der Waals surface area contributed by atoms with Crippen molar-refractivity contribution in [3.8, 4) is 0 Å². The van der Waals surface area contributed by atoms with Crippen LogP contribution in [0.2, 0.25) is 0 Å².